The van der Waals surface area contributed by atoms with Gasteiger partial charge in [-0.15, -0.1) is 0 Å². The first kappa shape index (κ1) is 39.1. The number of carbonyl (C=O) groups is 3. The molecule has 0 aliphatic carbocycles. The molecule has 12 nitrogen and oxygen atoms in total. The Bertz CT molecular complexity index is 1360. The van der Waals surface area contributed by atoms with E-state index in [4.69, 9.17) is 15.2 Å². The molecule has 1 heterocycles. The van der Waals surface area contributed by atoms with Crippen LogP contribution in [0.3, 0.4) is 0 Å². The van der Waals surface area contributed by atoms with E-state index in [9.17, 15) is 24.6 Å². The van der Waals surface area contributed by atoms with Crippen molar-refractivity contribution >= 4 is 29.7 Å². The number of carbonyl (C=O) groups excluding carboxylic acids is 3. The van der Waals surface area contributed by atoms with E-state index in [0.717, 1.165) is 51.9 Å². The summed E-state index contributed by atoms with van der Waals surface area (Å²) in [5.74, 6) is -0.119. The number of nitrogens with one attached hydrogen (secondary N) is 3. The lowest BCUT2D eigenvalue weighted by Gasteiger charge is -2.30. The minimum atomic E-state index is -0.250. The third-order valence-electron chi connectivity index (χ3n) is 7.84. The van der Waals surface area contributed by atoms with Gasteiger partial charge in [-0.25, -0.2) is 0 Å². The average Bonchev–Trinajstić information content (AvgIpc) is 3.09. The van der Waals surface area contributed by atoms with Crippen LogP contribution in [0.15, 0.2) is 47.5 Å². The Labute approximate surface area is 289 Å². The van der Waals surface area contributed by atoms with Crippen molar-refractivity contribution in [2.45, 2.75) is 52.4 Å². The van der Waals surface area contributed by atoms with Crippen LogP contribution in [0.4, 0.5) is 0 Å². The fraction of sp³-hybridized carbons (Fsp3) is 0.486. The molecule has 1 fully saturated rings. The number of nitrogens with two attached hydrogens (primary N) is 1. The van der Waals surface area contributed by atoms with Crippen molar-refractivity contribution in [3.63, 3.8) is 0 Å². The van der Waals surface area contributed by atoms with Gasteiger partial charge in [-0.2, -0.15) is 0 Å². The van der Waals surface area contributed by atoms with E-state index in [1.165, 1.54) is 12.1 Å². The van der Waals surface area contributed by atoms with Gasteiger partial charge in [-0.3, -0.25) is 14.4 Å². The quantitative estimate of drug-likeness (QED) is 0.0848. The molecule has 1 saturated heterocycles. The summed E-state index contributed by atoms with van der Waals surface area (Å²) in [6.45, 7) is 9.35. The number of aromatic hydroxyl groups is 2. The second kappa shape index (κ2) is 21.6. The summed E-state index contributed by atoms with van der Waals surface area (Å²) < 4.78 is 11.0. The first-order valence-corrected chi connectivity index (χ1v) is 17.3. The van der Waals surface area contributed by atoms with Gasteiger partial charge in [0.1, 0.15) is 0 Å². The summed E-state index contributed by atoms with van der Waals surface area (Å²) in [5.41, 5.74) is 7.50. The van der Waals surface area contributed by atoms with Gasteiger partial charge < -0.3 is 46.3 Å². The summed E-state index contributed by atoms with van der Waals surface area (Å²) in [4.78, 5) is 41.2. The molecule has 1 aliphatic rings. The lowest BCUT2D eigenvalue weighted by atomic mass is 9.93. The molecule has 0 bridgehead atoms. The van der Waals surface area contributed by atoms with Gasteiger partial charge in [0.25, 0.3) is 0 Å². The number of unbranched alkanes of at least 4 members (excludes halogenated alkanes) is 1. The number of benzene rings is 2. The van der Waals surface area contributed by atoms with Gasteiger partial charge in [0, 0.05) is 43.6 Å². The number of ether oxygens (including phenoxy) is 2. The fourth-order valence-electron chi connectivity index (χ4n) is 5.29. The van der Waals surface area contributed by atoms with Crippen LogP contribution in [-0.4, -0.2) is 98.3 Å². The molecule has 49 heavy (non-hydrogen) atoms. The molecule has 2 aromatic carbocycles. The smallest absolute Gasteiger partial charge is 0.223 e. The number of likely N-dealkylation sites (tertiary alicyclic amines) is 1. The zero-order valence-electron chi connectivity index (χ0n) is 28.9. The summed E-state index contributed by atoms with van der Waals surface area (Å²) in [5, 5.41) is 29.9. The van der Waals surface area contributed by atoms with Crippen molar-refractivity contribution in [3.05, 3.63) is 58.7 Å². The van der Waals surface area contributed by atoms with Crippen LogP contribution >= 0.6 is 0 Å². The van der Waals surface area contributed by atoms with Crippen molar-refractivity contribution in [3.8, 4) is 23.0 Å². The molecule has 268 valence electrons. The predicted molar refractivity (Wildman–Crippen MR) is 192 cm³/mol. The SMILES string of the molecule is CCOc1cc(/C=C2\CN(C(=O)CCC(=O)NCCCNCCCCNCCCN)C/C(=C\c3ccc(O)c(OCC)c3)C2=O)ccc1O. The number of piperidine rings is 1. The van der Waals surface area contributed by atoms with Crippen molar-refractivity contribution in [2.75, 3.05) is 65.6 Å². The molecule has 3 rings (SSSR count). The van der Waals surface area contributed by atoms with Gasteiger partial charge in [-0.1, -0.05) is 12.1 Å². The summed E-state index contributed by atoms with van der Waals surface area (Å²) in [7, 11) is 0. The van der Waals surface area contributed by atoms with Gasteiger partial charge in [0.15, 0.2) is 28.8 Å². The molecule has 1 aliphatic heterocycles. The first-order chi connectivity index (χ1) is 23.7. The Kier molecular flexibility index (Phi) is 17.2. The highest BCUT2D eigenvalue weighted by Gasteiger charge is 2.29. The normalized spacial score (nSPS) is 14.8. The molecule has 7 N–H and O–H groups in total. The number of ketones is 1. The number of phenolic OH excluding ortho intramolecular Hbond substituents is 2. The first-order valence-electron chi connectivity index (χ1n) is 17.3. The number of Topliss-reactive ketones (excluding diaryl/α,β-unsaturated/α-hetero) is 1. The molecule has 0 atom stereocenters. The number of rotatable bonds is 21. The largest absolute Gasteiger partial charge is 0.504 e. The number of hydrogen-bond acceptors (Lipinski definition) is 10. The van der Waals surface area contributed by atoms with Crippen LogP contribution in [0.25, 0.3) is 12.2 Å². The maximum absolute atomic E-state index is 13.7. The number of hydrogen-bond donors (Lipinski definition) is 6. The van der Waals surface area contributed by atoms with E-state index in [2.05, 4.69) is 16.0 Å². The molecule has 0 unspecified atom stereocenters. The Balaban J connectivity index is 1.60. The van der Waals surface area contributed by atoms with Crippen LogP contribution < -0.4 is 31.2 Å². The van der Waals surface area contributed by atoms with Crippen molar-refractivity contribution in [1.29, 1.82) is 0 Å². The van der Waals surface area contributed by atoms with Crippen LogP contribution in [0.5, 0.6) is 23.0 Å². The van der Waals surface area contributed by atoms with E-state index in [1.54, 1.807) is 41.3 Å². The van der Waals surface area contributed by atoms with E-state index >= 15 is 0 Å². The average molecular weight is 680 g/mol. The van der Waals surface area contributed by atoms with E-state index in [0.29, 0.717) is 60.1 Å². The van der Waals surface area contributed by atoms with Crippen molar-refractivity contribution < 1.29 is 34.1 Å². The molecule has 0 radical (unpaired) electrons. The highest BCUT2D eigenvalue weighted by atomic mass is 16.5. The standard InChI is InChI=1S/C37H53N5O7/c1-3-48-33-23-27(9-11-31(33)43)21-29-25-42(26-30(37(29)47)22-28-10-12-32(44)34(24-28)49-4-2)36(46)14-13-35(45)41-20-8-19-40-17-6-5-16-39-18-7-15-38/h9-12,21-24,39-40,43-44H,3-8,13-20,25-26,38H2,1-2H3,(H,41,45)/b29-21+,30-22+. The summed E-state index contributed by atoms with van der Waals surface area (Å²) >= 11 is 0. The summed E-state index contributed by atoms with van der Waals surface area (Å²) in [6.07, 6.45) is 7.35. The molecule has 12 heteroatoms. The molecule has 2 amide bonds. The molecule has 0 aromatic heterocycles. The van der Waals surface area contributed by atoms with Gasteiger partial charge >= 0.3 is 0 Å². The van der Waals surface area contributed by atoms with Crippen LogP contribution in [0.2, 0.25) is 0 Å². The third kappa shape index (κ3) is 13.6. The monoisotopic (exact) mass is 679 g/mol. The fourth-order valence-corrected chi connectivity index (χ4v) is 5.29. The van der Waals surface area contributed by atoms with Gasteiger partial charge in [-0.05, 0) is 120 Å². The van der Waals surface area contributed by atoms with Crippen LogP contribution in [0.1, 0.15) is 63.5 Å². The Hall–Kier alpha value is -4.39. The Morgan fingerprint density at radius 1 is 0.776 bits per heavy atom. The van der Waals surface area contributed by atoms with Crippen LogP contribution in [-0.2, 0) is 14.4 Å². The maximum Gasteiger partial charge on any atom is 0.223 e. The number of nitrogens with zero attached hydrogens (tertiary/aromatic N) is 1. The minimum Gasteiger partial charge on any atom is -0.504 e. The van der Waals surface area contributed by atoms with Crippen LogP contribution in [0, 0.1) is 0 Å². The Morgan fingerprint density at radius 2 is 1.29 bits per heavy atom. The number of amides is 2. The molecule has 0 saturated carbocycles. The van der Waals surface area contributed by atoms with E-state index < -0.39 is 0 Å². The van der Waals surface area contributed by atoms with E-state index in [1.807, 2.05) is 13.8 Å². The van der Waals surface area contributed by atoms with Gasteiger partial charge in [0.2, 0.25) is 11.8 Å². The topological polar surface area (TPSA) is 175 Å². The highest BCUT2D eigenvalue weighted by molar-refractivity contribution is 6.15. The van der Waals surface area contributed by atoms with E-state index in [-0.39, 0.29) is 55.0 Å². The number of phenols is 2. The zero-order valence-corrected chi connectivity index (χ0v) is 28.9. The third-order valence-corrected chi connectivity index (χ3v) is 7.84. The maximum atomic E-state index is 13.7. The second-order valence-corrected chi connectivity index (χ2v) is 11.8. The highest BCUT2D eigenvalue weighted by Crippen LogP contribution is 2.31. The predicted octanol–water partition coefficient (Wildman–Crippen LogP) is 3.37. The zero-order chi connectivity index (χ0) is 35.4. The van der Waals surface area contributed by atoms with Gasteiger partial charge in [0.05, 0.1) is 13.2 Å². The Morgan fingerprint density at radius 3 is 1.80 bits per heavy atom. The molecular weight excluding hydrogens is 626 g/mol. The lowest BCUT2D eigenvalue weighted by Crippen LogP contribution is -2.42. The molecule has 2 aromatic rings. The second-order valence-electron chi connectivity index (χ2n) is 11.8. The van der Waals surface area contributed by atoms with Crippen molar-refractivity contribution in [2.24, 2.45) is 5.73 Å². The molecular formula is C37H53N5O7. The molecule has 0 spiro atoms. The lowest BCUT2D eigenvalue weighted by molar-refractivity contribution is -0.133. The minimum absolute atomic E-state index is 0.000452. The summed E-state index contributed by atoms with van der Waals surface area (Å²) in [6, 6.07) is 9.60. The van der Waals surface area contributed by atoms with Crippen molar-refractivity contribution in [1.82, 2.24) is 20.9 Å².